The average molecular weight is 432 g/mol. The predicted molar refractivity (Wildman–Crippen MR) is 119 cm³/mol. The van der Waals surface area contributed by atoms with E-state index in [2.05, 4.69) is 24.3 Å². The zero-order valence-corrected chi connectivity index (χ0v) is 18.6. The summed E-state index contributed by atoms with van der Waals surface area (Å²) in [6.45, 7) is 0. The summed E-state index contributed by atoms with van der Waals surface area (Å²) in [4.78, 5) is 29.9. The van der Waals surface area contributed by atoms with E-state index in [0.717, 1.165) is 47.9 Å². The van der Waals surface area contributed by atoms with E-state index in [-0.39, 0.29) is 23.8 Å². The van der Waals surface area contributed by atoms with Crippen LogP contribution in [0.25, 0.3) is 0 Å². The van der Waals surface area contributed by atoms with Gasteiger partial charge in [-0.05, 0) is 35.1 Å². The molecule has 2 amide bonds. The first-order valence-electron chi connectivity index (χ1n) is 11.8. The molecule has 4 aliphatic carbocycles. The molecule has 166 valence electrons. The SMILES string of the molecule is COC(OC)C12c3ccccc3C(c3ccccc31)[C@@H]1C(=O)N(C3CCCCC3)C(=O)[C@H]12. The predicted octanol–water partition coefficient (Wildman–Crippen LogP) is 3.98. The van der Waals surface area contributed by atoms with Gasteiger partial charge in [0.15, 0.2) is 6.29 Å². The van der Waals surface area contributed by atoms with Gasteiger partial charge in [-0.2, -0.15) is 0 Å². The Morgan fingerprint density at radius 3 is 1.97 bits per heavy atom. The Balaban J connectivity index is 1.64. The summed E-state index contributed by atoms with van der Waals surface area (Å²) < 4.78 is 11.9. The minimum absolute atomic E-state index is 0.00348. The molecule has 2 fully saturated rings. The first-order chi connectivity index (χ1) is 15.7. The Kier molecular flexibility index (Phi) is 4.57. The first kappa shape index (κ1) is 20.1. The highest BCUT2D eigenvalue weighted by Gasteiger charge is 2.71. The summed E-state index contributed by atoms with van der Waals surface area (Å²) in [5.41, 5.74) is 3.51. The minimum Gasteiger partial charge on any atom is -0.355 e. The molecule has 2 atom stereocenters. The van der Waals surface area contributed by atoms with Crippen LogP contribution in [-0.4, -0.2) is 43.3 Å². The van der Waals surface area contributed by atoms with Gasteiger partial charge in [-0.1, -0.05) is 67.8 Å². The maximum absolute atomic E-state index is 14.2. The van der Waals surface area contributed by atoms with E-state index >= 15 is 0 Å². The number of carbonyl (C=O) groups excluding carboxylic acids is 2. The average Bonchev–Trinajstić information content (AvgIpc) is 3.11. The Hall–Kier alpha value is -2.50. The largest absolute Gasteiger partial charge is 0.355 e. The fourth-order valence-corrected chi connectivity index (χ4v) is 7.42. The van der Waals surface area contributed by atoms with E-state index in [0.29, 0.717) is 0 Å². The molecule has 5 aliphatic rings. The molecule has 1 heterocycles. The summed E-state index contributed by atoms with van der Waals surface area (Å²) in [6.07, 6.45) is 4.47. The van der Waals surface area contributed by atoms with Crippen molar-refractivity contribution in [3.05, 3.63) is 70.8 Å². The molecule has 7 rings (SSSR count). The van der Waals surface area contributed by atoms with Gasteiger partial charge in [0.05, 0.1) is 17.3 Å². The van der Waals surface area contributed by atoms with E-state index in [4.69, 9.17) is 9.47 Å². The van der Waals surface area contributed by atoms with Crippen LogP contribution in [0.4, 0.5) is 0 Å². The molecule has 1 saturated heterocycles. The van der Waals surface area contributed by atoms with E-state index in [1.807, 2.05) is 24.3 Å². The minimum atomic E-state index is -0.855. The van der Waals surface area contributed by atoms with Crippen LogP contribution in [0.15, 0.2) is 48.5 Å². The van der Waals surface area contributed by atoms with Crippen LogP contribution < -0.4 is 0 Å². The smallest absolute Gasteiger partial charge is 0.234 e. The van der Waals surface area contributed by atoms with Gasteiger partial charge in [0, 0.05) is 26.2 Å². The van der Waals surface area contributed by atoms with Crippen molar-refractivity contribution in [3.63, 3.8) is 0 Å². The van der Waals surface area contributed by atoms with Crippen LogP contribution >= 0.6 is 0 Å². The normalized spacial score (nSPS) is 31.1. The van der Waals surface area contributed by atoms with Crippen molar-refractivity contribution in [2.75, 3.05) is 14.2 Å². The number of ether oxygens (including phenoxy) is 2. The Labute approximate surface area is 188 Å². The van der Waals surface area contributed by atoms with Crippen molar-refractivity contribution in [2.45, 2.75) is 55.8 Å². The third-order valence-electron chi connectivity index (χ3n) is 8.46. The van der Waals surface area contributed by atoms with E-state index in [1.165, 1.54) is 6.42 Å². The molecule has 0 radical (unpaired) electrons. The molecule has 2 aromatic rings. The third-order valence-corrected chi connectivity index (χ3v) is 8.46. The maximum atomic E-state index is 14.2. The number of hydrogen-bond acceptors (Lipinski definition) is 4. The van der Waals surface area contributed by atoms with Crippen LogP contribution in [-0.2, 0) is 24.5 Å². The standard InChI is InChI=1S/C27H29NO4/c1-31-26(32-2)27-19-14-8-6-12-17(19)21(18-13-7-9-15-20(18)27)22-23(27)25(30)28(24(22)29)16-10-4-3-5-11-16/h6-9,12-16,21-23,26H,3-5,10-11H2,1-2H3/t21?,22-,23-,27?/m0/s1. The summed E-state index contributed by atoms with van der Waals surface area (Å²) in [5, 5.41) is 0. The van der Waals surface area contributed by atoms with Crippen molar-refractivity contribution >= 4 is 11.8 Å². The number of imide groups is 1. The monoisotopic (exact) mass is 431 g/mol. The number of carbonyl (C=O) groups is 2. The number of likely N-dealkylation sites (tertiary alicyclic amines) is 1. The molecule has 0 unspecified atom stereocenters. The zero-order valence-electron chi connectivity index (χ0n) is 18.6. The van der Waals surface area contributed by atoms with Crippen LogP contribution in [0.3, 0.4) is 0 Å². The van der Waals surface area contributed by atoms with Crippen molar-refractivity contribution < 1.29 is 19.1 Å². The quantitative estimate of drug-likeness (QED) is 0.543. The second-order valence-corrected chi connectivity index (χ2v) is 9.67. The summed E-state index contributed by atoms with van der Waals surface area (Å²) >= 11 is 0. The topological polar surface area (TPSA) is 55.8 Å². The van der Waals surface area contributed by atoms with Crippen LogP contribution in [0.2, 0.25) is 0 Å². The first-order valence-corrected chi connectivity index (χ1v) is 11.8. The van der Waals surface area contributed by atoms with Gasteiger partial charge in [-0.25, -0.2) is 0 Å². The third kappa shape index (κ3) is 2.31. The molecule has 1 saturated carbocycles. The molecule has 5 heteroatoms. The molecule has 1 aliphatic heterocycles. The highest BCUT2D eigenvalue weighted by Crippen LogP contribution is 2.65. The van der Waals surface area contributed by atoms with E-state index in [1.54, 1.807) is 19.1 Å². The lowest BCUT2D eigenvalue weighted by molar-refractivity contribution is -0.169. The lowest BCUT2D eigenvalue weighted by Gasteiger charge is -2.56. The highest BCUT2D eigenvalue weighted by molar-refractivity contribution is 6.08. The van der Waals surface area contributed by atoms with Crippen LogP contribution in [0, 0.1) is 11.8 Å². The number of benzene rings is 2. The van der Waals surface area contributed by atoms with Gasteiger partial charge in [-0.3, -0.25) is 14.5 Å². The zero-order chi connectivity index (χ0) is 22.0. The second-order valence-electron chi connectivity index (χ2n) is 9.67. The van der Waals surface area contributed by atoms with Crippen molar-refractivity contribution in [1.82, 2.24) is 4.90 Å². The number of nitrogens with zero attached hydrogens (tertiary/aromatic N) is 1. The highest BCUT2D eigenvalue weighted by atomic mass is 16.7. The van der Waals surface area contributed by atoms with Gasteiger partial charge in [0.25, 0.3) is 0 Å². The second kappa shape index (κ2) is 7.26. The van der Waals surface area contributed by atoms with Crippen molar-refractivity contribution in [2.24, 2.45) is 11.8 Å². The Morgan fingerprint density at radius 2 is 1.41 bits per heavy atom. The van der Waals surface area contributed by atoms with E-state index < -0.39 is 23.5 Å². The molecule has 2 aromatic carbocycles. The summed E-state index contributed by atoms with van der Waals surface area (Å²) in [5.74, 6) is -1.09. The number of hydrogen-bond donors (Lipinski definition) is 0. The molecular weight excluding hydrogens is 402 g/mol. The molecule has 0 aromatic heterocycles. The maximum Gasteiger partial charge on any atom is 0.234 e. The van der Waals surface area contributed by atoms with Crippen molar-refractivity contribution in [3.8, 4) is 0 Å². The molecular formula is C27H29NO4. The van der Waals surface area contributed by atoms with Gasteiger partial charge >= 0.3 is 0 Å². The lowest BCUT2D eigenvalue weighted by atomic mass is 9.47. The van der Waals surface area contributed by atoms with Gasteiger partial charge in [0.1, 0.15) is 0 Å². The van der Waals surface area contributed by atoms with Gasteiger partial charge < -0.3 is 9.47 Å². The lowest BCUT2D eigenvalue weighted by Crippen LogP contribution is -2.60. The van der Waals surface area contributed by atoms with Crippen LogP contribution in [0.1, 0.15) is 60.3 Å². The Bertz CT molecular complexity index is 1040. The molecule has 5 nitrogen and oxygen atoms in total. The fraction of sp³-hybridized carbons (Fsp3) is 0.481. The van der Waals surface area contributed by atoms with E-state index in [9.17, 15) is 9.59 Å². The van der Waals surface area contributed by atoms with Crippen LogP contribution in [0.5, 0.6) is 0 Å². The van der Waals surface area contributed by atoms with Crippen molar-refractivity contribution in [1.29, 1.82) is 0 Å². The molecule has 2 bridgehead atoms. The van der Waals surface area contributed by atoms with Gasteiger partial charge in [-0.15, -0.1) is 0 Å². The molecule has 0 N–H and O–H groups in total. The molecule has 0 spiro atoms. The fourth-order valence-electron chi connectivity index (χ4n) is 7.42. The number of rotatable bonds is 4. The summed E-state index contributed by atoms with van der Waals surface area (Å²) in [6, 6.07) is 16.5. The van der Waals surface area contributed by atoms with Gasteiger partial charge in [0.2, 0.25) is 11.8 Å². The molecule has 32 heavy (non-hydrogen) atoms. The number of amides is 2. The summed E-state index contributed by atoms with van der Waals surface area (Å²) in [7, 11) is 3.26. The Morgan fingerprint density at radius 1 is 0.844 bits per heavy atom. The number of methoxy groups -OCH3 is 2.